The van der Waals surface area contributed by atoms with Gasteiger partial charge < -0.3 is 19.1 Å². The molecule has 200 valence electrons. The van der Waals surface area contributed by atoms with Crippen LogP contribution in [0.15, 0.2) is 66.7 Å². The monoisotopic (exact) mass is 578 g/mol. The molecule has 2 N–H and O–H groups in total. The van der Waals surface area contributed by atoms with Gasteiger partial charge in [0.2, 0.25) is 11.5 Å². The highest BCUT2D eigenvalue weighted by Gasteiger charge is 2.24. The van der Waals surface area contributed by atoms with Crippen LogP contribution in [0.5, 0.6) is 5.75 Å². The van der Waals surface area contributed by atoms with Crippen molar-refractivity contribution in [2.24, 2.45) is 0 Å². The number of ketones is 1. The fourth-order valence-corrected chi connectivity index (χ4v) is 4.53. The Morgan fingerprint density at radius 2 is 1.53 bits per heavy atom. The van der Waals surface area contributed by atoms with Gasteiger partial charge in [-0.1, -0.05) is 63.2 Å². The summed E-state index contributed by atoms with van der Waals surface area (Å²) in [7, 11) is 1.66. The van der Waals surface area contributed by atoms with E-state index < -0.39 is 5.41 Å². The normalized spacial score (nSPS) is 11.3. The van der Waals surface area contributed by atoms with Crippen LogP contribution in [0.25, 0.3) is 11.0 Å². The zero-order valence-electron chi connectivity index (χ0n) is 22.5. The number of halogens is 1. The Labute approximate surface area is 233 Å². The number of carbonyl (C=O) groups is 2. The molecule has 1 amide bonds. The molecule has 0 radical (unpaired) electrons. The first kappa shape index (κ1) is 28.9. The van der Waals surface area contributed by atoms with Gasteiger partial charge in [-0.25, -0.2) is 0 Å². The minimum atomic E-state index is -0.413. The molecule has 0 unspecified atom stereocenters. The lowest BCUT2D eigenvalue weighted by Gasteiger charge is -2.25. The quantitative estimate of drug-likeness (QED) is 0.287. The number of para-hydroxylation sites is 2. The Morgan fingerprint density at radius 1 is 0.947 bits per heavy atom. The number of hydrogen-bond acceptors (Lipinski definition) is 4. The summed E-state index contributed by atoms with van der Waals surface area (Å²) in [5.74, 6) is -0.196. The second kappa shape index (κ2) is 11.4. The number of carbonyl (C=O) groups excluding carboxylic acids is 2. The molecule has 0 saturated carbocycles. The molecule has 3 aromatic carbocycles. The number of Topliss-reactive ketones (excluding diaryl/α,β-unsaturated/α-hetero) is 1. The van der Waals surface area contributed by atoms with Crippen LogP contribution in [-0.4, -0.2) is 37.9 Å². The summed E-state index contributed by atoms with van der Waals surface area (Å²) in [6.07, 6.45) is 0. The molecule has 8 heteroatoms. The van der Waals surface area contributed by atoms with Gasteiger partial charge in [-0.05, 0) is 35.2 Å². The Bertz CT molecular complexity index is 1530. The number of benzene rings is 3. The molecule has 0 atom stereocenters. The van der Waals surface area contributed by atoms with Crippen molar-refractivity contribution in [2.45, 2.75) is 52.7 Å². The van der Waals surface area contributed by atoms with Crippen molar-refractivity contribution in [1.29, 1.82) is 5.41 Å². The van der Waals surface area contributed by atoms with E-state index in [0.717, 1.165) is 16.6 Å². The van der Waals surface area contributed by atoms with E-state index in [4.69, 9.17) is 5.41 Å². The van der Waals surface area contributed by atoms with Crippen molar-refractivity contribution in [2.75, 3.05) is 7.05 Å². The van der Waals surface area contributed by atoms with Gasteiger partial charge in [0.25, 0.3) is 0 Å². The summed E-state index contributed by atoms with van der Waals surface area (Å²) in [6.45, 7) is 8.09. The number of fused-ring (bicyclic) bond motifs is 1. The largest absolute Gasteiger partial charge is 0.507 e. The highest BCUT2D eigenvalue weighted by molar-refractivity contribution is 8.93. The number of nitrogens with one attached hydrogen (secondary N) is 1. The fraction of sp³-hybridized carbons (Fsp3) is 0.300. The van der Waals surface area contributed by atoms with Gasteiger partial charge >= 0.3 is 0 Å². The lowest BCUT2D eigenvalue weighted by molar-refractivity contribution is -0.128. The van der Waals surface area contributed by atoms with Crippen molar-refractivity contribution in [3.05, 3.63) is 94.6 Å². The Hall–Kier alpha value is -3.65. The predicted molar refractivity (Wildman–Crippen MR) is 155 cm³/mol. The van der Waals surface area contributed by atoms with Gasteiger partial charge in [-0.3, -0.25) is 15.0 Å². The van der Waals surface area contributed by atoms with E-state index in [-0.39, 0.29) is 53.1 Å². The maximum absolute atomic E-state index is 13.7. The Morgan fingerprint density at radius 3 is 2.11 bits per heavy atom. The van der Waals surface area contributed by atoms with Gasteiger partial charge in [0, 0.05) is 37.2 Å². The highest BCUT2D eigenvalue weighted by Crippen LogP contribution is 2.35. The first-order chi connectivity index (χ1) is 17.5. The molecular formula is C30H35BrN4O3. The molecule has 0 fully saturated rings. The van der Waals surface area contributed by atoms with Crippen LogP contribution in [0.3, 0.4) is 0 Å². The van der Waals surface area contributed by atoms with Crippen molar-refractivity contribution < 1.29 is 14.7 Å². The summed E-state index contributed by atoms with van der Waals surface area (Å²) in [4.78, 5) is 27.0. The minimum absolute atomic E-state index is 0. The number of hydrogen-bond donors (Lipinski definition) is 2. The molecular weight excluding hydrogens is 544 g/mol. The summed E-state index contributed by atoms with van der Waals surface area (Å²) in [5, 5.41) is 19.9. The number of amides is 1. The maximum Gasteiger partial charge on any atom is 0.219 e. The van der Waals surface area contributed by atoms with Crippen LogP contribution in [0.2, 0.25) is 0 Å². The molecule has 0 spiro atoms. The van der Waals surface area contributed by atoms with E-state index >= 15 is 0 Å². The molecule has 0 bridgehead atoms. The average molecular weight is 580 g/mol. The molecule has 1 heterocycles. The molecule has 7 nitrogen and oxygen atoms in total. The molecule has 4 rings (SSSR count). The molecule has 1 aromatic heterocycles. The molecule has 0 aliphatic heterocycles. The number of phenolic OH excluding ortho intramolecular Hbond substituents is 1. The smallest absolute Gasteiger partial charge is 0.219 e. The van der Waals surface area contributed by atoms with Crippen LogP contribution in [0.1, 0.15) is 54.7 Å². The van der Waals surface area contributed by atoms with Crippen molar-refractivity contribution in [1.82, 2.24) is 14.0 Å². The van der Waals surface area contributed by atoms with Crippen LogP contribution in [0, 0.1) is 5.41 Å². The lowest BCUT2D eigenvalue weighted by atomic mass is 9.83. The van der Waals surface area contributed by atoms with E-state index in [9.17, 15) is 14.7 Å². The van der Waals surface area contributed by atoms with Gasteiger partial charge in [-0.15, -0.1) is 17.0 Å². The summed E-state index contributed by atoms with van der Waals surface area (Å²) < 4.78 is 3.63. The molecule has 0 aliphatic carbocycles. The number of aromatic hydroxyl groups is 1. The number of rotatable bonds is 7. The Kier molecular flexibility index (Phi) is 8.67. The van der Waals surface area contributed by atoms with Crippen LogP contribution in [-0.2, 0) is 29.8 Å². The number of phenols is 1. The Balaban J connectivity index is 0.00000400. The van der Waals surface area contributed by atoms with Crippen molar-refractivity contribution >= 4 is 39.7 Å². The summed E-state index contributed by atoms with van der Waals surface area (Å²) >= 11 is 0. The van der Waals surface area contributed by atoms with E-state index in [1.807, 2.05) is 79.9 Å². The van der Waals surface area contributed by atoms with E-state index in [2.05, 4.69) is 0 Å². The second-order valence-corrected chi connectivity index (χ2v) is 10.6. The average Bonchev–Trinajstić information content (AvgIpc) is 3.11. The van der Waals surface area contributed by atoms with E-state index in [1.54, 1.807) is 23.7 Å². The number of nitrogens with zero attached hydrogens (tertiary/aromatic N) is 3. The first-order valence-electron chi connectivity index (χ1n) is 12.3. The lowest BCUT2D eigenvalue weighted by Crippen LogP contribution is -2.28. The van der Waals surface area contributed by atoms with Gasteiger partial charge in [0.05, 0.1) is 24.1 Å². The van der Waals surface area contributed by atoms with Crippen molar-refractivity contribution in [3.63, 3.8) is 0 Å². The van der Waals surface area contributed by atoms with Gasteiger partial charge in [0.15, 0.2) is 5.78 Å². The van der Waals surface area contributed by atoms with Gasteiger partial charge in [-0.2, -0.15) is 0 Å². The standard InChI is InChI=1S/C30H34N4O3.BrH/c1-20(35)32(5)18-23-15-22(16-24(28(23)37)30(2,3)4)27(36)19-34-26-14-10-9-13-25(26)33(29(34)31)17-21-11-7-6-8-12-21;/h6-16,31,37H,17-19H2,1-5H3;1H. The summed E-state index contributed by atoms with van der Waals surface area (Å²) in [6, 6.07) is 21.1. The zero-order chi connectivity index (χ0) is 26.9. The fourth-order valence-electron chi connectivity index (χ4n) is 4.53. The highest BCUT2D eigenvalue weighted by atomic mass is 79.9. The van der Waals surface area contributed by atoms with Crippen LogP contribution < -0.4 is 5.62 Å². The molecule has 0 saturated heterocycles. The SMILES string of the molecule is Br.CC(=O)N(C)Cc1cc(C(=O)Cn2c(=N)n(Cc3ccccc3)c3ccccc32)cc(C(C)(C)C)c1O. The van der Waals surface area contributed by atoms with E-state index in [0.29, 0.717) is 23.2 Å². The zero-order valence-corrected chi connectivity index (χ0v) is 24.2. The molecule has 38 heavy (non-hydrogen) atoms. The second-order valence-electron chi connectivity index (χ2n) is 10.6. The minimum Gasteiger partial charge on any atom is -0.507 e. The third-order valence-electron chi connectivity index (χ3n) is 6.72. The van der Waals surface area contributed by atoms with Crippen LogP contribution in [0.4, 0.5) is 0 Å². The molecule has 4 aromatic rings. The van der Waals surface area contributed by atoms with Crippen LogP contribution >= 0.6 is 17.0 Å². The number of aromatic nitrogens is 2. The molecule has 0 aliphatic rings. The third-order valence-corrected chi connectivity index (χ3v) is 6.72. The first-order valence-corrected chi connectivity index (χ1v) is 12.3. The number of imidazole rings is 1. The maximum atomic E-state index is 13.7. The predicted octanol–water partition coefficient (Wildman–Crippen LogP) is 5.41. The van der Waals surface area contributed by atoms with Gasteiger partial charge in [0.1, 0.15) is 5.75 Å². The summed E-state index contributed by atoms with van der Waals surface area (Å²) in [5.41, 5.74) is 4.21. The third kappa shape index (κ3) is 5.91. The van der Waals surface area contributed by atoms with E-state index in [1.165, 1.54) is 11.8 Å². The van der Waals surface area contributed by atoms with Crippen molar-refractivity contribution in [3.8, 4) is 5.75 Å². The topological polar surface area (TPSA) is 91.3 Å².